The lowest BCUT2D eigenvalue weighted by atomic mass is 9.97. The van der Waals surface area contributed by atoms with Crippen molar-refractivity contribution in [2.24, 2.45) is 5.73 Å². The lowest BCUT2D eigenvalue weighted by Crippen LogP contribution is -2.51. The molecule has 0 atom stereocenters. The summed E-state index contributed by atoms with van der Waals surface area (Å²) in [7, 11) is -4.03. The monoisotopic (exact) mass is 427 g/mol. The van der Waals surface area contributed by atoms with Crippen LogP contribution in [0.2, 0.25) is 0 Å². The third-order valence-electron chi connectivity index (χ3n) is 4.85. The number of nitrogens with two attached hydrogens (primary N) is 1. The van der Waals surface area contributed by atoms with E-state index in [9.17, 15) is 17.6 Å². The van der Waals surface area contributed by atoms with Gasteiger partial charge in [-0.05, 0) is 43.2 Å². The molecule has 4 N–H and O–H groups in total. The van der Waals surface area contributed by atoms with Crippen molar-refractivity contribution < 1.29 is 17.6 Å². The maximum atomic E-state index is 13.7. The van der Waals surface area contributed by atoms with E-state index in [2.05, 4.69) is 10.0 Å². The molecule has 0 aromatic heterocycles. The minimum absolute atomic E-state index is 0. The van der Waals surface area contributed by atoms with Gasteiger partial charge >= 0.3 is 0 Å². The molecule has 1 amide bonds. The topological polar surface area (TPSA) is 101 Å². The number of para-hydroxylation sites is 1. The van der Waals surface area contributed by atoms with Crippen LogP contribution in [0.5, 0.6) is 0 Å². The van der Waals surface area contributed by atoms with Crippen LogP contribution in [0.1, 0.15) is 36.0 Å². The van der Waals surface area contributed by atoms with E-state index in [1.54, 1.807) is 0 Å². The summed E-state index contributed by atoms with van der Waals surface area (Å²) < 4.78 is 41.1. The number of halogens is 2. The highest BCUT2D eigenvalue weighted by atomic mass is 35.5. The van der Waals surface area contributed by atoms with Crippen LogP contribution in [-0.4, -0.2) is 26.4 Å². The first-order valence-electron chi connectivity index (χ1n) is 8.75. The van der Waals surface area contributed by atoms with Crippen molar-refractivity contribution >= 4 is 34.0 Å². The fraction of sp³-hybridized carbons (Fsp3) is 0.316. The molecule has 2 aromatic rings. The molecule has 0 heterocycles. The average molecular weight is 428 g/mol. The molecule has 6 nitrogen and oxygen atoms in total. The Labute approximate surface area is 170 Å². The number of anilines is 1. The SMILES string of the molecule is Cl.NCC1(NC(=O)c2cccc(S(=O)(=O)Nc3ccccc3F)c2)CCCC1. The van der Waals surface area contributed by atoms with E-state index in [1.807, 2.05) is 0 Å². The lowest BCUT2D eigenvalue weighted by molar-refractivity contribution is 0.0903. The number of hydrogen-bond donors (Lipinski definition) is 3. The number of carbonyl (C=O) groups is 1. The number of carbonyl (C=O) groups excluding carboxylic acids is 1. The Bertz CT molecular complexity index is 947. The number of amides is 1. The largest absolute Gasteiger partial charge is 0.345 e. The van der Waals surface area contributed by atoms with Crippen LogP contribution >= 0.6 is 12.4 Å². The molecular weight excluding hydrogens is 405 g/mol. The average Bonchev–Trinajstić information content (AvgIpc) is 3.12. The third kappa shape index (κ3) is 4.81. The van der Waals surface area contributed by atoms with E-state index in [0.29, 0.717) is 6.54 Å². The predicted molar refractivity (Wildman–Crippen MR) is 109 cm³/mol. The molecule has 0 bridgehead atoms. The molecule has 1 aliphatic carbocycles. The molecule has 3 rings (SSSR count). The van der Waals surface area contributed by atoms with E-state index in [4.69, 9.17) is 5.73 Å². The quantitative estimate of drug-likeness (QED) is 0.659. The van der Waals surface area contributed by atoms with Gasteiger partial charge in [0.15, 0.2) is 0 Å². The molecule has 1 saturated carbocycles. The fourth-order valence-electron chi connectivity index (χ4n) is 3.30. The van der Waals surface area contributed by atoms with Gasteiger partial charge in [0, 0.05) is 12.1 Å². The van der Waals surface area contributed by atoms with Crippen LogP contribution in [0.25, 0.3) is 0 Å². The van der Waals surface area contributed by atoms with E-state index in [-0.39, 0.29) is 34.5 Å². The van der Waals surface area contributed by atoms with Gasteiger partial charge in [-0.15, -0.1) is 12.4 Å². The highest BCUT2D eigenvalue weighted by molar-refractivity contribution is 7.92. The lowest BCUT2D eigenvalue weighted by Gasteiger charge is -2.28. The van der Waals surface area contributed by atoms with Crippen LogP contribution in [0.4, 0.5) is 10.1 Å². The van der Waals surface area contributed by atoms with Crippen molar-refractivity contribution in [1.82, 2.24) is 5.32 Å². The Balaban J connectivity index is 0.00000280. The molecule has 152 valence electrons. The smallest absolute Gasteiger partial charge is 0.262 e. The summed E-state index contributed by atoms with van der Waals surface area (Å²) in [6.07, 6.45) is 3.61. The van der Waals surface area contributed by atoms with Gasteiger partial charge in [-0.25, -0.2) is 12.8 Å². The van der Waals surface area contributed by atoms with Crippen molar-refractivity contribution in [2.75, 3.05) is 11.3 Å². The Morgan fingerprint density at radius 1 is 1.11 bits per heavy atom. The number of benzene rings is 2. The Hall–Kier alpha value is -2.16. The second-order valence-corrected chi connectivity index (χ2v) is 8.44. The number of hydrogen-bond acceptors (Lipinski definition) is 4. The summed E-state index contributed by atoms with van der Waals surface area (Å²) in [6.45, 7) is 0.339. The van der Waals surface area contributed by atoms with Crippen molar-refractivity contribution in [1.29, 1.82) is 0 Å². The fourth-order valence-corrected chi connectivity index (χ4v) is 4.41. The standard InChI is InChI=1S/C19H22FN3O3S.ClH/c20-16-8-1-2-9-17(16)23-27(25,26)15-7-5-6-14(12-15)18(24)22-19(13-21)10-3-4-11-19;/h1-2,5-9,12,23H,3-4,10-11,13,21H2,(H,22,24);1H. The predicted octanol–water partition coefficient (Wildman–Crippen LogP) is 3.05. The van der Waals surface area contributed by atoms with Gasteiger partial charge in [0.2, 0.25) is 0 Å². The molecule has 0 unspecified atom stereocenters. The van der Waals surface area contributed by atoms with Gasteiger partial charge in [-0.2, -0.15) is 0 Å². The summed E-state index contributed by atoms with van der Waals surface area (Å²) in [6, 6.07) is 11.1. The van der Waals surface area contributed by atoms with Crippen LogP contribution < -0.4 is 15.8 Å². The summed E-state index contributed by atoms with van der Waals surface area (Å²) in [5.74, 6) is -1.05. The maximum Gasteiger partial charge on any atom is 0.262 e. The molecule has 0 radical (unpaired) electrons. The molecule has 1 fully saturated rings. The maximum absolute atomic E-state index is 13.7. The molecule has 0 spiro atoms. The number of sulfonamides is 1. The van der Waals surface area contributed by atoms with Crippen LogP contribution in [0, 0.1) is 5.82 Å². The molecular formula is C19H23ClFN3O3S. The summed E-state index contributed by atoms with van der Waals surface area (Å²) >= 11 is 0. The van der Waals surface area contributed by atoms with Gasteiger partial charge in [-0.3, -0.25) is 9.52 Å². The molecule has 0 saturated heterocycles. The molecule has 2 aromatic carbocycles. The van der Waals surface area contributed by atoms with Gasteiger partial charge in [0.05, 0.1) is 16.1 Å². The van der Waals surface area contributed by atoms with E-state index in [1.165, 1.54) is 42.5 Å². The highest BCUT2D eigenvalue weighted by Crippen LogP contribution is 2.29. The molecule has 0 aliphatic heterocycles. The Morgan fingerprint density at radius 2 is 1.79 bits per heavy atom. The second kappa shape index (κ2) is 8.89. The Morgan fingerprint density at radius 3 is 2.43 bits per heavy atom. The second-order valence-electron chi connectivity index (χ2n) is 6.76. The van der Waals surface area contributed by atoms with E-state index >= 15 is 0 Å². The molecule has 28 heavy (non-hydrogen) atoms. The van der Waals surface area contributed by atoms with Crippen molar-refractivity contribution in [3.63, 3.8) is 0 Å². The van der Waals surface area contributed by atoms with Crippen molar-refractivity contribution in [3.05, 3.63) is 59.9 Å². The molecule has 9 heteroatoms. The van der Waals surface area contributed by atoms with Gasteiger partial charge < -0.3 is 11.1 Å². The van der Waals surface area contributed by atoms with E-state index < -0.39 is 21.4 Å². The van der Waals surface area contributed by atoms with Crippen LogP contribution in [0.3, 0.4) is 0 Å². The zero-order valence-corrected chi connectivity index (χ0v) is 16.8. The van der Waals surface area contributed by atoms with E-state index in [0.717, 1.165) is 31.7 Å². The summed E-state index contributed by atoms with van der Waals surface area (Å²) in [5, 5.41) is 2.96. The summed E-state index contributed by atoms with van der Waals surface area (Å²) in [4.78, 5) is 12.5. The normalized spacial score (nSPS) is 15.5. The van der Waals surface area contributed by atoms with Crippen molar-refractivity contribution in [3.8, 4) is 0 Å². The van der Waals surface area contributed by atoms with Gasteiger partial charge in [-0.1, -0.05) is 31.0 Å². The van der Waals surface area contributed by atoms with Gasteiger partial charge in [0.1, 0.15) is 5.82 Å². The molecule has 1 aliphatic rings. The van der Waals surface area contributed by atoms with Crippen molar-refractivity contribution in [2.45, 2.75) is 36.1 Å². The van der Waals surface area contributed by atoms with Gasteiger partial charge in [0.25, 0.3) is 15.9 Å². The number of rotatable bonds is 6. The first-order chi connectivity index (χ1) is 12.9. The zero-order chi connectivity index (χ0) is 19.5. The minimum atomic E-state index is -4.03. The summed E-state index contributed by atoms with van der Waals surface area (Å²) in [5.41, 5.74) is 5.47. The Kier molecular flexibility index (Phi) is 7.03. The highest BCUT2D eigenvalue weighted by Gasteiger charge is 2.34. The number of nitrogens with one attached hydrogen (secondary N) is 2. The first-order valence-corrected chi connectivity index (χ1v) is 10.2. The van der Waals surface area contributed by atoms with Crippen LogP contribution in [-0.2, 0) is 10.0 Å². The first kappa shape index (κ1) is 22.1. The van der Waals surface area contributed by atoms with Crippen LogP contribution in [0.15, 0.2) is 53.4 Å². The third-order valence-corrected chi connectivity index (χ3v) is 6.22. The zero-order valence-electron chi connectivity index (χ0n) is 15.2. The minimum Gasteiger partial charge on any atom is -0.345 e.